The van der Waals surface area contributed by atoms with Gasteiger partial charge in [0.1, 0.15) is 6.10 Å². The Hall–Kier alpha value is -3.23. The van der Waals surface area contributed by atoms with E-state index in [1.165, 1.54) is 54.3 Å². The Balaban J connectivity index is 1.24. The van der Waals surface area contributed by atoms with Crippen LogP contribution in [0.25, 0.3) is 22.2 Å². The number of ether oxygens (including phenoxy) is 2. The molecule has 5 heteroatoms. The van der Waals surface area contributed by atoms with Crippen molar-refractivity contribution in [2.45, 2.75) is 83.3 Å². The van der Waals surface area contributed by atoms with Gasteiger partial charge in [0.2, 0.25) is 0 Å². The highest BCUT2D eigenvalue weighted by Gasteiger charge is 2.31. The first-order valence-electron chi connectivity index (χ1n) is 15.5. The molecule has 1 aliphatic heterocycles. The minimum Gasteiger partial charge on any atom is -0.446 e. The first kappa shape index (κ1) is 25.7. The van der Waals surface area contributed by atoms with Gasteiger partial charge in [0, 0.05) is 36.2 Å². The largest absolute Gasteiger partial charge is 0.446 e. The van der Waals surface area contributed by atoms with Gasteiger partial charge in [0.25, 0.3) is 0 Å². The Morgan fingerprint density at radius 2 is 1.80 bits per heavy atom. The van der Waals surface area contributed by atoms with Crippen molar-refractivity contribution < 1.29 is 14.3 Å². The van der Waals surface area contributed by atoms with E-state index >= 15 is 0 Å². The van der Waals surface area contributed by atoms with E-state index in [1.54, 1.807) is 0 Å². The van der Waals surface area contributed by atoms with Crippen molar-refractivity contribution in [3.63, 3.8) is 0 Å². The maximum absolute atomic E-state index is 12.4. The summed E-state index contributed by atoms with van der Waals surface area (Å²) in [6.45, 7) is 3.76. The van der Waals surface area contributed by atoms with Gasteiger partial charge in [-0.1, -0.05) is 36.1 Å². The number of hydrogen-bond acceptors (Lipinski definition) is 3. The molecule has 0 radical (unpaired) electrons. The molecular formula is C35H40N2O3. The van der Waals surface area contributed by atoms with Gasteiger partial charge in [-0.25, -0.2) is 4.79 Å². The molecule has 3 saturated carbocycles. The highest BCUT2D eigenvalue weighted by molar-refractivity contribution is 5.96. The van der Waals surface area contributed by atoms with E-state index in [-0.39, 0.29) is 12.2 Å². The number of aromatic nitrogens is 1. The van der Waals surface area contributed by atoms with Crippen LogP contribution in [-0.4, -0.2) is 30.0 Å². The van der Waals surface area contributed by atoms with Crippen molar-refractivity contribution in [1.29, 1.82) is 0 Å². The zero-order valence-corrected chi connectivity index (χ0v) is 23.6. The van der Waals surface area contributed by atoms with Crippen molar-refractivity contribution in [3.05, 3.63) is 53.6 Å². The van der Waals surface area contributed by atoms with Crippen molar-refractivity contribution in [1.82, 2.24) is 4.57 Å². The van der Waals surface area contributed by atoms with Crippen LogP contribution in [0.2, 0.25) is 0 Å². The van der Waals surface area contributed by atoms with Crippen molar-refractivity contribution in [2.24, 2.45) is 17.8 Å². The van der Waals surface area contributed by atoms with Crippen molar-refractivity contribution in [3.8, 4) is 23.1 Å². The number of nitrogens with one attached hydrogen (secondary N) is 1. The summed E-state index contributed by atoms with van der Waals surface area (Å²) in [7, 11) is 0. The molecule has 3 aliphatic carbocycles. The Morgan fingerprint density at radius 3 is 2.48 bits per heavy atom. The van der Waals surface area contributed by atoms with Gasteiger partial charge in [-0.2, -0.15) is 0 Å². The summed E-state index contributed by atoms with van der Waals surface area (Å²) < 4.78 is 13.8. The third-order valence-electron chi connectivity index (χ3n) is 9.34. The topological polar surface area (TPSA) is 52.5 Å². The average Bonchev–Trinajstić information content (AvgIpc) is 3.86. The molecule has 4 fully saturated rings. The van der Waals surface area contributed by atoms with Crippen LogP contribution in [0.5, 0.6) is 0 Å². The number of hydrogen-bond donors (Lipinski definition) is 1. The molecule has 3 aromatic rings. The molecule has 2 aromatic carbocycles. The van der Waals surface area contributed by atoms with Crippen LogP contribution in [0.3, 0.4) is 0 Å². The molecule has 1 amide bonds. The van der Waals surface area contributed by atoms with Crippen LogP contribution in [0, 0.1) is 29.6 Å². The van der Waals surface area contributed by atoms with Crippen LogP contribution < -0.4 is 5.32 Å². The normalized spacial score (nSPS) is 20.4. The Morgan fingerprint density at radius 1 is 1.02 bits per heavy atom. The van der Waals surface area contributed by atoms with Crippen LogP contribution >= 0.6 is 0 Å². The summed E-state index contributed by atoms with van der Waals surface area (Å²) in [4.78, 5) is 12.4. The second-order valence-corrected chi connectivity index (χ2v) is 12.5. The van der Waals surface area contributed by atoms with E-state index in [4.69, 9.17) is 9.47 Å². The predicted molar refractivity (Wildman–Crippen MR) is 159 cm³/mol. The number of benzene rings is 2. The van der Waals surface area contributed by atoms with Crippen LogP contribution in [-0.2, 0) is 15.9 Å². The van der Waals surface area contributed by atoms with Gasteiger partial charge < -0.3 is 14.0 Å². The van der Waals surface area contributed by atoms with E-state index in [9.17, 15) is 4.79 Å². The lowest BCUT2D eigenvalue weighted by Crippen LogP contribution is -2.21. The van der Waals surface area contributed by atoms with Crippen molar-refractivity contribution >= 4 is 22.7 Å². The fourth-order valence-electron chi connectivity index (χ4n) is 6.29. The van der Waals surface area contributed by atoms with Gasteiger partial charge >= 0.3 is 6.09 Å². The molecule has 2 heterocycles. The SMILES string of the molecule is CC(OC(=O)Nc1ccc(-c2c(C#CC3CC3)c3ccc(CC4CCOCC4)cc3n2C2CCC2)cc1)C1CC1. The third-order valence-corrected chi connectivity index (χ3v) is 9.34. The zero-order chi connectivity index (χ0) is 27.1. The number of carbonyl (C=O) groups excluding carboxylic acids is 1. The molecular weight excluding hydrogens is 496 g/mol. The monoisotopic (exact) mass is 536 g/mol. The first-order valence-corrected chi connectivity index (χ1v) is 15.5. The van der Waals surface area contributed by atoms with Gasteiger partial charge in [-0.3, -0.25) is 5.32 Å². The summed E-state index contributed by atoms with van der Waals surface area (Å²) in [5.41, 5.74) is 7.04. The second kappa shape index (κ2) is 11.0. The van der Waals surface area contributed by atoms with Gasteiger partial charge in [0.15, 0.2) is 0 Å². The Kier molecular flexibility index (Phi) is 7.06. The molecule has 1 N–H and O–H groups in total. The average molecular weight is 537 g/mol. The summed E-state index contributed by atoms with van der Waals surface area (Å²) in [6, 6.07) is 15.9. The molecule has 0 spiro atoms. The molecule has 4 aliphatic rings. The predicted octanol–water partition coefficient (Wildman–Crippen LogP) is 8.11. The van der Waals surface area contributed by atoms with Gasteiger partial charge in [0.05, 0.1) is 16.8 Å². The van der Waals surface area contributed by atoms with Crippen LogP contribution in [0.15, 0.2) is 42.5 Å². The van der Waals surface area contributed by atoms with Crippen LogP contribution in [0.4, 0.5) is 10.5 Å². The number of amides is 1. The lowest BCUT2D eigenvalue weighted by Gasteiger charge is -2.30. The maximum atomic E-state index is 12.4. The third kappa shape index (κ3) is 5.52. The number of nitrogens with zero attached hydrogens (tertiary/aromatic N) is 1. The van der Waals surface area contributed by atoms with E-state index in [0.29, 0.717) is 23.8 Å². The smallest absolute Gasteiger partial charge is 0.411 e. The summed E-state index contributed by atoms with van der Waals surface area (Å²) in [6.07, 6.45) is 11.5. The lowest BCUT2D eigenvalue weighted by molar-refractivity contribution is 0.0665. The number of carbonyl (C=O) groups is 1. The molecule has 1 aromatic heterocycles. The van der Waals surface area contributed by atoms with E-state index < -0.39 is 0 Å². The first-order chi connectivity index (χ1) is 19.6. The number of anilines is 1. The lowest BCUT2D eigenvalue weighted by atomic mass is 9.91. The highest BCUT2D eigenvalue weighted by atomic mass is 16.6. The Bertz CT molecular complexity index is 1440. The molecule has 7 rings (SSSR count). The van der Waals surface area contributed by atoms with Crippen LogP contribution in [0.1, 0.15) is 81.9 Å². The van der Waals surface area contributed by atoms with Gasteiger partial charge in [-0.05, 0) is 112 Å². The molecule has 1 atom stereocenters. The highest BCUT2D eigenvalue weighted by Crippen LogP contribution is 2.43. The van der Waals surface area contributed by atoms with E-state index in [1.807, 2.05) is 19.1 Å². The Labute approximate surface area is 237 Å². The van der Waals surface area contributed by atoms with Gasteiger partial charge in [-0.15, -0.1) is 0 Å². The van der Waals surface area contributed by atoms with E-state index in [0.717, 1.165) is 62.1 Å². The molecule has 0 bridgehead atoms. The molecule has 1 unspecified atom stereocenters. The van der Waals surface area contributed by atoms with E-state index in [2.05, 4.69) is 52.1 Å². The molecule has 1 saturated heterocycles. The second-order valence-electron chi connectivity index (χ2n) is 12.5. The summed E-state index contributed by atoms with van der Waals surface area (Å²) in [5, 5.41) is 4.19. The quantitative estimate of drug-likeness (QED) is 0.310. The fourth-order valence-corrected chi connectivity index (χ4v) is 6.29. The minimum atomic E-state index is -0.372. The standard InChI is InChI=1S/C35H40N2O3/c1-23(27-9-10-27)40-35(38)36-29-13-11-28(12-14-29)34-32(16-7-24-5-6-24)31-15-8-26(21-25-17-19-39-20-18-25)22-33(31)37(34)30-3-2-4-30/h8,11-15,22-25,27,30H,2-6,9-10,17-21H2,1H3,(H,36,38). The number of fused-ring (bicyclic) bond motifs is 1. The zero-order valence-electron chi connectivity index (χ0n) is 23.6. The molecule has 40 heavy (non-hydrogen) atoms. The number of rotatable bonds is 7. The molecule has 5 nitrogen and oxygen atoms in total. The fraction of sp³-hybridized carbons (Fsp3) is 0.514. The molecule has 208 valence electrons. The summed E-state index contributed by atoms with van der Waals surface area (Å²) >= 11 is 0. The summed E-state index contributed by atoms with van der Waals surface area (Å²) in [5.74, 6) is 8.97. The van der Waals surface area contributed by atoms with Crippen molar-refractivity contribution in [2.75, 3.05) is 18.5 Å². The maximum Gasteiger partial charge on any atom is 0.411 e. The minimum absolute atomic E-state index is 0.0265.